The minimum atomic E-state index is 0.265. The van der Waals surface area contributed by atoms with Crippen molar-refractivity contribution >= 4 is 27.3 Å². The van der Waals surface area contributed by atoms with Crippen LogP contribution >= 0.6 is 11.3 Å². The normalized spacial score (nSPS) is 13.5. The quantitative estimate of drug-likeness (QED) is 0.753. The molecule has 0 aliphatic carbocycles. The number of aromatic nitrogens is 1. The van der Waals surface area contributed by atoms with Gasteiger partial charge in [0.2, 0.25) is 11.6 Å². The Hall–Kier alpha value is -2.73. The van der Waals surface area contributed by atoms with Gasteiger partial charge in [0, 0.05) is 12.6 Å². The molecule has 0 saturated heterocycles. The van der Waals surface area contributed by atoms with E-state index in [1.54, 1.807) is 11.3 Å². The third-order valence-electron chi connectivity index (χ3n) is 3.72. The predicted octanol–water partition coefficient (Wildman–Crippen LogP) is 3.04. The summed E-state index contributed by atoms with van der Waals surface area (Å²) >= 11 is 1.63. The highest BCUT2D eigenvalue weighted by Crippen LogP contribution is 2.33. The van der Waals surface area contributed by atoms with Crippen molar-refractivity contribution < 1.29 is 9.47 Å². The van der Waals surface area contributed by atoms with E-state index in [1.807, 2.05) is 37.4 Å². The van der Waals surface area contributed by atoms with Crippen molar-refractivity contribution in [1.29, 1.82) is 0 Å². The van der Waals surface area contributed by atoms with Crippen LogP contribution in [0.15, 0.2) is 54.1 Å². The zero-order valence-electron chi connectivity index (χ0n) is 12.6. The minimum Gasteiger partial charge on any atom is -0.454 e. The van der Waals surface area contributed by atoms with Gasteiger partial charge >= 0.3 is 0 Å². The molecule has 1 aromatic heterocycles. The smallest absolute Gasteiger partial charge is 0.231 e. The number of hydrogen-bond acceptors (Lipinski definition) is 5. The van der Waals surface area contributed by atoms with Crippen molar-refractivity contribution in [2.24, 2.45) is 12.1 Å². The van der Waals surface area contributed by atoms with Crippen LogP contribution in [-0.4, -0.2) is 11.4 Å². The van der Waals surface area contributed by atoms with Crippen molar-refractivity contribution in [3.05, 3.63) is 59.4 Å². The summed E-state index contributed by atoms with van der Waals surface area (Å²) in [5, 5.41) is 4.47. The summed E-state index contributed by atoms with van der Waals surface area (Å²) in [5.41, 5.74) is 5.82. The van der Waals surface area contributed by atoms with Gasteiger partial charge < -0.3 is 14.0 Å². The highest BCUT2D eigenvalue weighted by molar-refractivity contribution is 7.16. The molecule has 0 fully saturated rings. The van der Waals surface area contributed by atoms with E-state index < -0.39 is 0 Å². The Morgan fingerprint density at radius 1 is 1.22 bits per heavy atom. The molecule has 0 spiro atoms. The first-order valence-corrected chi connectivity index (χ1v) is 7.97. The second kappa shape index (κ2) is 5.48. The van der Waals surface area contributed by atoms with Crippen molar-refractivity contribution in [1.82, 2.24) is 9.99 Å². The van der Waals surface area contributed by atoms with Gasteiger partial charge in [0.15, 0.2) is 11.5 Å². The van der Waals surface area contributed by atoms with Gasteiger partial charge in [-0.25, -0.2) is 0 Å². The standard InChI is InChI=1S/C17H15N3O2S/c1-11(12-7-8-14-15(9-12)22-10-21-14)18-19-17-20(2)13-5-3-4-6-16(13)23-17/h3-9,18H,1,10H2,2H3. The van der Waals surface area contributed by atoms with Gasteiger partial charge in [-0.2, -0.15) is 0 Å². The number of ether oxygens (including phenoxy) is 2. The molecule has 0 radical (unpaired) electrons. The molecule has 5 nitrogen and oxygen atoms in total. The van der Waals surface area contributed by atoms with Crippen molar-refractivity contribution in [3.8, 4) is 11.5 Å². The molecule has 0 saturated carbocycles. The number of nitrogens with one attached hydrogen (secondary N) is 1. The number of thiazole rings is 1. The lowest BCUT2D eigenvalue weighted by Crippen LogP contribution is -2.16. The van der Waals surface area contributed by atoms with Crippen molar-refractivity contribution in [2.75, 3.05) is 6.79 Å². The molecule has 0 bridgehead atoms. The Morgan fingerprint density at radius 2 is 2.04 bits per heavy atom. The fourth-order valence-corrected chi connectivity index (χ4v) is 3.43. The fraction of sp³-hybridized carbons (Fsp3) is 0.118. The highest BCUT2D eigenvalue weighted by Gasteiger charge is 2.14. The van der Waals surface area contributed by atoms with Gasteiger partial charge in [-0.15, -0.1) is 5.10 Å². The van der Waals surface area contributed by atoms with Crippen LogP contribution in [0.3, 0.4) is 0 Å². The van der Waals surface area contributed by atoms with Crippen molar-refractivity contribution in [3.63, 3.8) is 0 Å². The van der Waals surface area contributed by atoms with E-state index in [4.69, 9.17) is 9.47 Å². The summed E-state index contributed by atoms with van der Waals surface area (Å²) in [6.07, 6.45) is 0. The van der Waals surface area contributed by atoms with E-state index in [0.29, 0.717) is 5.70 Å². The monoisotopic (exact) mass is 325 g/mol. The van der Waals surface area contributed by atoms with E-state index in [2.05, 4.69) is 33.8 Å². The maximum Gasteiger partial charge on any atom is 0.231 e. The molecule has 1 aliphatic rings. The highest BCUT2D eigenvalue weighted by atomic mass is 32.1. The first-order chi connectivity index (χ1) is 11.2. The third kappa shape index (κ3) is 2.47. The Labute approximate surface area is 137 Å². The zero-order valence-corrected chi connectivity index (χ0v) is 13.4. The van der Waals surface area contributed by atoms with Crippen molar-refractivity contribution in [2.45, 2.75) is 0 Å². The second-order valence-electron chi connectivity index (χ2n) is 5.18. The first kappa shape index (κ1) is 13.9. The molecular weight excluding hydrogens is 310 g/mol. The van der Waals surface area contributed by atoms with Crippen LogP contribution in [0.25, 0.3) is 15.9 Å². The van der Waals surface area contributed by atoms with Crippen LogP contribution in [0.4, 0.5) is 0 Å². The van der Waals surface area contributed by atoms with Gasteiger partial charge in [0.25, 0.3) is 0 Å². The first-order valence-electron chi connectivity index (χ1n) is 7.15. The largest absolute Gasteiger partial charge is 0.454 e. The van der Waals surface area contributed by atoms with E-state index in [1.165, 1.54) is 4.70 Å². The third-order valence-corrected chi connectivity index (χ3v) is 4.84. The Kier molecular flexibility index (Phi) is 3.31. The molecule has 0 atom stereocenters. The van der Waals surface area contributed by atoms with Gasteiger partial charge in [-0.3, -0.25) is 5.43 Å². The van der Waals surface area contributed by atoms with Crippen LogP contribution in [0.2, 0.25) is 0 Å². The Balaban J connectivity index is 1.62. The molecule has 0 unspecified atom stereocenters. The molecular formula is C17H15N3O2S. The molecule has 4 rings (SSSR count). The van der Waals surface area contributed by atoms with Crippen LogP contribution in [0, 0.1) is 0 Å². The van der Waals surface area contributed by atoms with Crippen LogP contribution < -0.4 is 19.7 Å². The zero-order chi connectivity index (χ0) is 15.8. The number of benzene rings is 2. The topological polar surface area (TPSA) is 47.8 Å². The summed E-state index contributed by atoms with van der Waals surface area (Å²) in [6.45, 7) is 4.31. The Morgan fingerprint density at radius 3 is 2.91 bits per heavy atom. The summed E-state index contributed by atoms with van der Waals surface area (Å²) in [4.78, 5) is 0.882. The Bertz CT molecular complexity index is 971. The van der Waals surface area contributed by atoms with E-state index >= 15 is 0 Å². The second-order valence-corrected chi connectivity index (χ2v) is 6.19. The SMILES string of the molecule is C=C(NN=c1sc2ccccc2n1C)c1ccc2c(c1)OCO2. The summed E-state index contributed by atoms with van der Waals surface area (Å²) in [5.74, 6) is 1.49. The average molecular weight is 325 g/mol. The summed E-state index contributed by atoms with van der Waals surface area (Å²) in [6, 6.07) is 13.9. The molecule has 2 aromatic carbocycles. The van der Waals surface area contributed by atoms with E-state index in [0.717, 1.165) is 27.4 Å². The molecule has 0 amide bonds. The molecule has 3 aromatic rings. The molecule has 1 aliphatic heterocycles. The van der Waals surface area contributed by atoms with Gasteiger partial charge in [-0.1, -0.05) is 30.0 Å². The maximum atomic E-state index is 5.39. The fourth-order valence-electron chi connectivity index (χ4n) is 2.45. The summed E-state index contributed by atoms with van der Waals surface area (Å²) in [7, 11) is 2.00. The number of para-hydroxylation sites is 1. The molecule has 23 heavy (non-hydrogen) atoms. The lowest BCUT2D eigenvalue weighted by atomic mass is 10.1. The minimum absolute atomic E-state index is 0.265. The number of aryl methyl sites for hydroxylation is 1. The van der Waals surface area contributed by atoms with Crippen LogP contribution in [0.5, 0.6) is 11.5 Å². The summed E-state index contributed by atoms with van der Waals surface area (Å²) < 4.78 is 14.0. The molecule has 1 N–H and O–H groups in total. The lowest BCUT2D eigenvalue weighted by Gasteiger charge is -2.05. The van der Waals surface area contributed by atoms with Crippen LogP contribution in [-0.2, 0) is 7.05 Å². The number of fused-ring (bicyclic) bond motifs is 2. The number of nitrogens with zero attached hydrogens (tertiary/aromatic N) is 2. The molecule has 116 valence electrons. The van der Waals surface area contributed by atoms with E-state index in [-0.39, 0.29) is 6.79 Å². The van der Waals surface area contributed by atoms with Gasteiger partial charge in [0.1, 0.15) is 0 Å². The average Bonchev–Trinajstić information content (AvgIpc) is 3.17. The van der Waals surface area contributed by atoms with Gasteiger partial charge in [0.05, 0.1) is 15.9 Å². The van der Waals surface area contributed by atoms with Gasteiger partial charge in [-0.05, 0) is 30.3 Å². The number of hydrogen-bond donors (Lipinski definition) is 1. The van der Waals surface area contributed by atoms with E-state index in [9.17, 15) is 0 Å². The molecule has 6 heteroatoms. The number of rotatable bonds is 3. The van der Waals surface area contributed by atoms with Crippen LogP contribution in [0.1, 0.15) is 5.56 Å². The predicted molar refractivity (Wildman–Crippen MR) is 91.1 cm³/mol. The maximum absolute atomic E-state index is 5.39. The lowest BCUT2D eigenvalue weighted by molar-refractivity contribution is 0.174. The molecule has 2 heterocycles.